The first-order valence-corrected chi connectivity index (χ1v) is 8.11. The zero-order chi connectivity index (χ0) is 13.9. The van der Waals surface area contributed by atoms with Crippen molar-refractivity contribution in [2.75, 3.05) is 45.9 Å². The molecule has 2 aliphatic heterocycles. The van der Waals surface area contributed by atoms with Crippen LogP contribution in [0.25, 0.3) is 0 Å². The van der Waals surface area contributed by atoms with Gasteiger partial charge in [-0.2, -0.15) is 0 Å². The molecule has 2 atom stereocenters. The van der Waals surface area contributed by atoms with Crippen LogP contribution in [-0.4, -0.2) is 73.7 Å². The van der Waals surface area contributed by atoms with Crippen molar-refractivity contribution < 1.29 is 9.53 Å². The van der Waals surface area contributed by atoms with Crippen LogP contribution in [-0.2, 0) is 9.53 Å². The quantitative estimate of drug-likeness (QED) is 0.788. The summed E-state index contributed by atoms with van der Waals surface area (Å²) in [5.41, 5.74) is 0. The molecule has 0 bridgehead atoms. The fraction of sp³-hybridized carbons (Fsp3) is 0.933. The SMILES string of the molecule is CCN1CCO[C@H](C(=O)N[C@@H]2CCN(CC3CC3)C2)C1. The first-order valence-electron chi connectivity index (χ1n) is 8.11. The predicted octanol–water partition coefficient (Wildman–Crippen LogP) is 0.308. The van der Waals surface area contributed by atoms with Gasteiger partial charge in [-0.05, 0) is 31.7 Å². The standard InChI is InChI=1S/C15H27N3O2/c1-2-17-7-8-20-14(11-17)15(19)16-13-5-6-18(10-13)9-12-3-4-12/h12-14H,2-11H2,1H3,(H,16,19)/t13-,14+/m1/s1. The molecule has 1 amide bonds. The van der Waals surface area contributed by atoms with Crippen LogP contribution >= 0.6 is 0 Å². The van der Waals surface area contributed by atoms with Crippen molar-refractivity contribution in [3.63, 3.8) is 0 Å². The van der Waals surface area contributed by atoms with Crippen LogP contribution in [0.2, 0.25) is 0 Å². The molecule has 5 heteroatoms. The van der Waals surface area contributed by atoms with Gasteiger partial charge >= 0.3 is 0 Å². The van der Waals surface area contributed by atoms with E-state index in [1.165, 1.54) is 19.4 Å². The average Bonchev–Trinajstić information content (AvgIpc) is 3.18. The molecule has 0 aromatic rings. The molecular formula is C15H27N3O2. The Hall–Kier alpha value is -0.650. The first kappa shape index (κ1) is 14.3. The Morgan fingerprint density at radius 3 is 2.80 bits per heavy atom. The molecular weight excluding hydrogens is 254 g/mol. The molecule has 114 valence electrons. The van der Waals surface area contributed by atoms with Gasteiger partial charge in [0.15, 0.2) is 0 Å². The van der Waals surface area contributed by atoms with Crippen LogP contribution in [0, 0.1) is 5.92 Å². The van der Waals surface area contributed by atoms with E-state index in [0.29, 0.717) is 12.6 Å². The van der Waals surface area contributed by atoms with Gasteiger partial charge in [0.25, 0.3) is 5.91 Å². The molecule has 0 aromatic carbocycles. The van der Waals surface area contributed by atoms with E-state index in [9.17, 15) is 4.79 Å². The highest BCUT2D eigenvalue weighted by molar-refractivity contribution is 5.81. The predicted molar refractivity (Wildman–Crippen MR) is 77.6 cm³/mol. The summed E-state index contributed by atoms with van der Waals surface area (Å²) in [6.07, 6.45) is 3.61. The van der Waals surface area contributed by atoms with E-state index in [-0.39, 0.29) is 12.0 Å². The highest BCUT2D eigenvalue weighted by Gasteiger charge is 2.32. The zero-order valence-electron chi connectivity index (χ0n) is 12.5. The van der Waals surface area contributed by atoms with Gasteiger partial charge in [0, 0.05) is 38.8 Å². The molecule has 3 fully saturated rings. The number of likely N-dealkylation sites (tertiary alicyclic amines) is 1. The summed E-state index contributed by atoms with van der Waals surface area (Å²) < 4.78 is 5.62. The number of rotatable bonds is 5. The highest BCUT2D eigenvalue weighted by atomic mass is 16.5. The largest absolute Gasteiger partial charge is 0.366 e. The number of hydrogen-bond acceptors (Lipinski definition) is 4. The number of likely N-dealkylation sites (N-methyl/N-ethyl adjacent to an activating group) is 1. The van der Waals surface area contributed by atoms with Crippen LogP contribution in [0.15, 0.2) is 0 Å². The second kappa shape index (κ2) is 6.41. The minimum absolute atomic E-state index is 0.0846. The third-order valence-electron chi connectivity index (χ3n) is 4.72. The van der Waals surface area contributed by atoms with Gasteiger partial charge in [-0.3, -0.25) is 9.69 Å². The molecule has 2 saturated heterocycles. The lowest BCUT2D eigenvalue weighted by Gasteiger charge is -2.31. The summed E-state index contributed by atoms with van der Waals surface area (Å²) in [5, 5.41) is 3.18. The van der Waals surface area contributed by atoms with Gasteiger partial charge < -0.3 is 15.0 Å². The summed E-state index contributed by atoms with van der Waals surface area (Å²) in [7, 11) is 0. The number of morpholine rings is 1. The first-order chi connectivity index (χ1) is 9.74. The summed E-state index contributed by atoms with van der Waals surface area (Å²) >= 11 is 0. The van der Waals surface area contributed by atoms with Crippen LogP contribution in [0.3, 0.4) is 0 Å². The normalized spacial score (nSPS) is 32.5. The maximum absolute atomic E-state index is 12.3. The lowest BCUT2D eigenvalue weighted by atomic mass is 10.2. The lowest BCUT2D eigenvalue weighted by Crippen LogP contribution is -2.52. The van der Waals surface area contributed by atoms with E-state index < -0.39 is 0 Å². The molecule has 0 unspecified atom stereocenters. The smallest absolute Gasteiger partial charge is 0.250 e. The van der Waals surface area contributed by atoms with Crippen LogP contribution in [0.5, 0.6) is 0 Å². The van der Waals surface area contributed by atoms with Gasteiger partial charge in [0.2, 0.25) is 0 Å². The maximum atomic E-state index is 12.3. The Morgan fingerprint density at radius 2 is 2.05 bits per heavy atom. The van der Waals surface area contributed by atoms with Crippen molar-refractivity contribution >= 4 is 5.91 Å². The Balaban J connectivity index is 1.41. The number of carbonyl (C=O) groups is 1. The Kier molecular flexibility index (Phi) is 4.58. The molecule has 5 nitrogen and oxygen atoms in total. The number of nitrogens with one attached hydrogen (secondary N) is 1. The fourth-order valence-corrected chi connectivity index (χ4v) is 3.22. The number of ether oxygens (including phenoxy) is 1. The van der Waals surface area contributed by atoms with E-state index in [1.807, 2.05) is 0 Å². The van der Waals surface area contributed by atoms with E-state index in [1.54, 1.807) is 0 Å². The summed E-state index contributed by atoms with van der Waals surface area (Å²) in [4.78, 5) is 17.1. The van der Waals surface area contributed by atoms with Crippen molar-refractivity contribution in [3.05, 3.63) is 0 Å². The number of amides is 1. The minimum Gasteiger partial charge on any atom is -0.366 e. The maximum Gasteiger partial charge on any atom is 0.250 e. The molecule has 0 radical (unpaired) electrons. The van der Waals surface area contributed by atoms with Crippen LogP contribution in [0.1, 0.15) is 26.2 Å². The summed E-state index contributed by atoms with van der Waals surface area (Å²) in [6, 6.07) is 0.321. The molecule has 0 spiro atoms. The van der Waals surface area contributed by atoms with Gasteiger partial charge in [-0.1, -0.05) is 6.92 Å². The summed E-state index contributed by atoms with van der Waals surface area (Å²) in [5.74, 6) is 1.02. The molecule has 1 N–H and O–H groups in total. The van der Waals surface area contributed by atoms with E-state index >= 15 is 0 Å². The third kappa shape index (κ3) is 3.71. The average molecular weight is 281 g/mol. The van der Waals surface area contributed by atoms with Crippen molar-refractivity contribution in [2.45, 2.75) is 38.3 Å². The third-order valence-corrected chi connectivity index (χ3v) is 4.72. The Bertz CT molecular complexity index is 346. The highest BCUT2D eigenvalue weighted by Crippen LogP contribution is 2.30. The molecule has 3 rings (SSSR count). The van der Waals surface area contributed by atoms with Gasteiger partial charge in [-0.25, -0.2) is 0 Å². The van der Waals surface area contributed by atoms with E-state index in [2.05, 4.69) is 22.0 Å². The Labute approximate surface area is 121 Å². The van der Waals surface area contributed by atoms with E-state index in [4.69, 9.17) is 4.74 Å². The van der Waals surface area contributed by atoms with Gasteiger partial charge in [0.1, 0.15) is 6.10 Å². The molecule has 1 saturated carbocycles. The number of carbonyl (C=O) groups excluding carboxylic acids is 1. The molecule has 3 aliphatic rings. The van der Waals surface area contributed by atoms with Gasteiger partial charge in [-0.15, -0.1) is 0 Å². The van der Waals surface area contributed by atoms with Crippen molar-refractivity contribution in [3.8, 4) is 0 Å². The lowest BCUT2D eigenvalue weighted by molar-refractivity contribution is -0.139. The monoisotopic (exact) mass is 281 g/mol. The molecule has 1 aliphatic carbocycles. The van der Waals surface area contributed by atoms with Gasteiger partial charge in [0.05, 0.1) is 6.61 Å². The van der Waals surface area contributed by atoms with Crippen molar-refractivity contribution in [2.24, 2.45) is 5.92 Å². The number of nitrogens with zero attached hydrogens (tertiary/aromatic N) is 2. The number of hydrogen-bond donors (Lipinski definition) is 1. The van der Waals surface area contributed by atoms with E-state index in [0.717, 1.165) is 45.1 Å². The zero-order valence-corrected chi connectivity index (χ0v) is 12.5. The molecule has 2 heterocycles. The van der Waals surface area contributed by atoms with Crippen LogP contribution < -0.4 is 5.32 Å². The Morgan fingerprint density at radius 1 is 1.20 bits per heavy atom. The second-order valence-corrected chi connectivity index (χ2v) is 6.45. The molecule has 20 heavy (non-hydrogen) atoms. The fourth-order valence-electron chi connectivity index (χ4n) is 3.22. The summed E-state index contributed by atoms with van der Waals surface area (Å²) in [6.45, 7) is 8.86. The topological polar surface area (TPSA) is 44.8 Å². The second-order valence-electron chi connectivity index (χ2n) is 6.45. The molecule has 0 aromatic heterocycles. The minimum atomic E-state index is -0.277. The van der Waals surface area contributed by atoms with Crippen LogP contribution in [0.4, 0.5) is 0 Å². The van der Waals surface area contributed by atoms with Crippen molar-refractivity contribution in [1.29, 1.82) is 0 Å². The van der Waals surface area contributed by atoms with Crippen molar-refractivity contribution in [1.82, 2.24) is 15.1 Å².